The lowest BCUT2D eigenvalue weighted by Crippen LogP contribution is -2.27. The van der Waals surface area contributed by atoms with Crippen LogP contribution < -0.4 is 5.32 Å². The maximum absolute atomic E-state index is 12.2. The molecular weight excluding hydrogens is 340 g/mol. The summed E-state index contributed by atoms with van der Waals surface area (Å²) in [5.74, 6) is 0.317. The quantitative estimate of drug-likeness (QED) is 0.860. The Morgan fingerprint density at radius 3 is 2.65 bits per heavy atom. The number of amides is 1. The first-order valence-corrected chi connectivity index (χ1v) is 8.67. The van der Waals surface area contributed by atoms with Gasteiger partial charge in [0.05, 0.1) is 21.7 Å². The summed E-state index contributed by atoms with van der Waals surface area (Å²) in [5, 5.41) is 2.89. The standard InChI is InChI=1S/C15H17ClN2O4S/c1-18(2)23(20,21)12-5-6-14(16)13(10-12)15(19)17-8-7-11-4-3-9-22-11/h3-6,9-10H,7-8H2,1-2H3,(H,17,19). The van der Waals surface area contributed by atoms with E-state index in [4.69, 9.17) is 16.0 Å². The Hall–Kier alpha value is -1.83. The molecule has 2 rings (SSSR count). The molecule has 6 nitrogen and oxygen atoms in total. The number of halogens is 1. The van der Waals surface area contributed by atoms with Crippen LogP contribution in [-0.4, -0.2) is 39.3 Å². The third kappa shape index (κ3) is 4.13. The van der Waals surface area contributed by atoms with Crippen molar-refractivity contribution in [1.29, 1.82) is 0 Å². The van der Waals surface area contributed by atoms with E-state index >= 15 is 0 Å². The molecule has 0 bridgehead atoms. The zero-order valence-electron chi connectivity index (χ0n) is 12.7. The Bertz CT molecular complexity index is 786. The molecule has 0 radical (unpaired) electrons. The van der Waals surface area contributed by atoms with Crippen LogP contribution in [0.15, 0.2) is 45.9 Å². The van der Waals surface area contributed by atoms with Crippen molar-refractivity contribution in [3.8, 4) is 0 Å². The summed E-state index contributed by atoms with van der Waals surface area (Å²) in [6.45, 7) is 0.354. The van der Waals surface area contributed by atoms with Crippen molar-refractivity contribution < 1.29 is 17.6 Å². The number of nitrogens with zero attached hydrogens (tertiary/aromatic N) is 1. The number of carbonyl (C=O) groups excluding carboxylic acids is 1. The van der Waals surface area contributed by atoms with Crippen LogP contribution in [0.1, 0.15) is 16.1 Å². The van der Waals surface area contributed by atoms with Crippen LogP contribution in [0.2, 0.25) is 5.02 Å². The third-order valence-corrected chi connectivity index (χ3v) is 5.34. The van der Waals surface area contributed by atoms with Crippen LogP contribution in [0.4, 0.5) is 0 Å². The molecule has 1 heterocycles. The first kappa shape index (κ1) is 17.5. The van der Waals surface area contributed by atoms with Gasteiger partial charge < -0.3 is 9.73 Å². The molecule has 1 amide bonds. The highest BCUT2D eigenvalue weighted by atomic mass is 35.5. The van der Waals surface area contributed by atoms with Gasteiger partial charge in [0.15, 0.2) is 0 Å². The molecule has 0 atom stereocenters. The topological polar surface area (TPSA) is 79.6 Å². The van der Waals surface area contributed by atoms with E-state index in [0.29, 0.717) is 13.0 Å². The Labute approximate surface area is 140 Å². The second kappa shape index (κ2) is 7.16. The van der Waals surface area contributed by atoms with E-state index in [0.717, 1.165) is 10.1 Å². The van der Waals surface area contributed by atoms with Gasteiger partial charge in [0.25, 0.3) is 5.91 Å². The lowest BCUT2D eigenvalue weighted by Gasteiger charge is -2.13. The SMILES string of the molecule is CN(C)S(=O)(=O)c1ccc(Cl)c(C(=O)NCCc2ccco2)c1. The third-order valence-electron chi connectivity index (χ3n) is 3.20. The van der Waals surface area contributed by atoms with E-state index in [1.165, 1.54) is 32.3 Å². The van der Waals surface area contributed by atoms with Gasteiger partial charge in [0.2, 0.25) is 10.0 Å². The molecule has 0 aliphatic heterocycles. The van der Waals surface area contributed by atoms with Crippen LogP contribution in [0.5, 0.6) is 0 Å². The molecule has 0 aliphatic rings. The molecular formula is C15H17ClN2O4S. The Balaban J connectivity index is 2.13. The molecule has 1 aromatic carbocycles. The minimum atomic E-state index is -3.63. The van der Waals surface area contributed by atoms with Gasteiger partial charge in [-0.15, -0.1) is 0 Å². The van der Waals surface area contributed by atoms with Crippen molar-refractivity contribution >= 4 is 27.5 Å². The van der Waals surface area contributed by atoms with Gasteiger partial charge in [-0.05, 0) is 30.3 Å². The summed E-state index contributed by atoms with van der Waals surface area (Å²) < 4.78 is 30.5. The molecule has 23 heavy (non-hydrogen) atoms. The van der Waals surface area contributed by atoms with Crippen molar-refractivity contribution in [3.63, 3.8) is 0 Å². The summed E-state index contributed by atoms with van der Waals surface area (Å²) in [5.41, 5.74) is 0.119. The second-order valence-electron chi connectivity index (χ2n) is 5.01. The van der Waals surface area contributed by atoms with Crippen molar-refractivity contribution in [3.05, 3.63) is 52.9 Å². The number of hydrogen-bond donors (Lipinski definition) is 1. The second-order valence-corrected chi connectivity index (χ2v) is 7.57. The average molecular weight is 357 g/mol. The van der Waals surface area contributed by atoms with Gasteiger partial charge in [0.1, 0.15) is 5.76 Å². The fraction of sp³-hybridized carbons (Fsp3) is 0.267. The number of carbonyl (C=O) groups is 1. The summed E-state index contributed by atoms with van der Waals surface area (Å²) in [6, 6.07) is 7.63. The fourth-order valence-electron chi connectivity index (χ4n) is 1.90. The Kier molecular flexibility index (Phi) is 5.46. The van der Waals surface area contributed by atoms with Crippen molar-refractivity contribution in [2.24, 2.45) is 0 Å². The lowest BCUT2D eigenvalue weighted by molar-refractivity contribution is 0.0953. The van der Waals surface area contributed by atoms with Crippen LogP contribution in [0.25, 0.3) is 0 Å². The van der Waals surface area contributed by atoms with Gasteiger partial charge in [-0.3, -0.25) is 4.79 Å². The highest BCUT2D eigenvalue weighted by Crippen LogP contribution is 2.22. The summed E-state index contributed by atoms with van der Waals surface area (Å²) in [4.78, 5) is 12.2. The summed E-state index contributed by atoms with van der Waals surface area (Å²) in [6.07, 6.45) is 2.09. The largest absolute Gasteiger partial charge is 0.469 e. The van der Waals surface area contributed by atoms with Crippen LogP contribution in [0, 0.1) is 0 Å². The number of nitrogens with one attached hydrogen (secondary N) is 1. The number of hydrogen-bond acceptors (Lipinski definition) is 4. The molecule has 0 saturated carbocycles. The van der Waals surface area contributed by atoms with E-state index in [-0.39, 0.29) is 15.5 Å². The lowest BCUT2D eigenvalue weighted by atomic mass is 10.2. The monoisotopic (exact) mass is 356 g/mol. The van der Waals surface area contributed by atoms with E-state index in [9.17, 15) is 13.2 Å². The normalized spacial score (nSPS) is 11.7. The highest BCUT2D eigenvalue weighted by molar-refractivity contribution is 7.89. The van der Waals surface area contributed by atoms with E-state index in [2.05, 4.69) is 5.32 Å². The minimum Gasteiger partial charge on any atom is -0.469 e. The Morgan fingerprint density at radius 1 is 1.30 bits per heavy atom. The zero-order chi connectivity index (χ0) is 17.0. The summed E-state index contributed by atoms with van der Waals surface area (Å²) in [7, 11) is -0.779. The van der Waals surface area contributed by atoms with Crippen molar-refractivity contribution in [1.82, 2.24) is 9.62 Å². The molecule has 0 fully saturated rings. The number of sulfonamides is 1. The van der Waals surface area contributed by atoms with Crippen LogP contribution >= 0.6 is 11.6 Å². The van der Waals surface area contributed by atoms with Gasteiger partial charge in [-0.25, -0.2) is 12.7 Å². The molecule has 2 aromatic rings. The average Bonchev–Trinajstić information content (AvgIpc) is 3.00. The van der Waals surface area contributed by atoms with Crippen molar-refractivity contribution in [2.75, 3.05) is 20.6 Å². The Morgan fingerprint density at radius 2 is 2.04 bits per heavy atom. The zero-order valence-corrected chi connectivity index (χ0v) is 14.3. The molecule has 0 spiro atoms. The molecule has 124 valence electrons. The fourth-order valence-corrected chi connectivity index (χ4v) is 3.03. The smallest absolute Gasteiger partial charge is 0.252 e. The molecule has 1 N–H and O–H groups in total. The molecule has 0 saturated heterocycles. The maximum atomic E-state index is 12.2. The maximum Gasteiger partial charge on any atom is 0.252 e. The van der Waals surface area contributed by atoms with Crippen LogP contribution in [0.3, 0.4) is 0 Å². The molecule has 0 unspecified atom stereocenters. The first-order valence-electron chi connectivity index (χ1n) is 6.85. The highest BCUT2D eigenvalue weighted by Gasteiger charge is 2.20. The number of rotatable bonds is 6. The van der Waals surface area contributed by atoms with Crippen LogP contribution in [-0.2, 0) is 16.4 Å². The van der Waals surface area contributed by atoms with Gasteiger partial charge >= 0.3 is 0 Å². The van der Waals surface area contributed by atoms with E-state index in [1.807, 2.05) is 6.07 Å². The predicted octanol–water partition coefficient (Wildman–Crippen LogP) is 2.16. The minimum absolute atomic E-state index is 0.0167. The number of furan rings is 1. The molecule has 1 aromatic heterocycles. The van der Waals surface area contributed by atoms with Gasteiger partial charge in [-0.2, -0.15) is 0 Å². The van der Waals surface area contributed by atoms with E-state index < -0.39 is 15.9 Å². The predicted molar refractivity (Wildman–Crippen MR) is 87.1 cm³/mol. The first-order chi connectivity index (χ1) is 10.8. The van der Waals surface area contributed by atoms with E-state index in [1.54, 1.807) is 12.3 Å². The van der Waals surface area contributed by atoms with Crippen molar-refractivity contribution in [2.45, 2.75) is 11.3 Å². The molecule has 0 aliphatic carbocycles. The molecule has 8 heteroatoms. The van der Waals surface area contributed by atoms with Gasteiger partial charge in [-0.1, -0.05) is 11.6 Å². The number of benzene rings is 1. The van der Waals surface area contributed by atoms with Gasteiger partial charge in [0, 0.05) is 27.1 Å². The summed E-state index contributed by atoms with van der Waals surface area (Å²) >= 11 is 6.01.